The monoisotopic (exact) mass is 329 g/mol. The van der Waals surface area contributed by atoms with Gasteiger partial charge in [-0.25, -0.2) is 0 Å². The smallest absolute Gasteiger partial charge is 0.0696 e. The minimum absolute atomic E-state index is 0.316. The van der Waals surface area contributed by atoms with Gasteiger partial charge in [0.25, 0.3) is 0 Å². The van der Waals surface area contributed by atoms with Crippen molar-refractivity contribution in [3.8, 4) is 0 Å². The molecule has 1 aliphatic rings. The maximum Gasteiger partial charge on any atom is 0.0696 e. The van der Waals surface area contributed by atoms with E-state index in [1.807, 2.05) is 6.20 Å². The Morgan fingerprint density at radius 2 is 2.42 bits per heavy atom. The van der Waals surface area contributed by atoms with Crippen LogP contribution in [0.15, 0.2) is 10.7 Å². The number of aryl methyl sites for hydroxylation is 1. The Hall–Kier alpha value is -0.390. The second-order valence-electron chi connectivity index (χ2n) is 5.08. The molecule has 1 saturated heterocycles. The number of hydrogen-bond acceptors (Lipinski definition) is 3. The van der Waals surface area contributed by atoms with Crippen molar-refractivity contribution in [3.63, 3.8) is 0 Å². The predicted molar refractivity (Wildman–Crippen MR) is 80.2 cm³/mol. The lowest BCUT2D eigenvalue weighted by atomic mass is 10.0. The van der Waals surface area contributed by atoms with Crippen LogP contribution in [0, 0.1) is 0 Å². The number of halogens is 1. The SMILES string of the molecule is CCCn1ncc(Br)c1C(CC1CCCO1)NCC. The predicted octanol–water partition coefficient (Wildman–Crippen LogP) is 3.28. The zero-order valence-electron chi connectivity index (χ0n) is 11.9. The third-order valence-electron chi connectivity index (χ3n) is 3.57. The zero-order valence-corrected chi connectivity index (χ0v) is 13.4. The lowest BCUT2D eigenvalue weighted by Crippen LogP contribution is -2.28. The third kappa shape index (κ3) is 3.80. The molecule has 2 unspecified atom stereocenters. The molecular formula is C14H24BrN3O. The molecule has 1 aromatic rings. The average molecular weight is 330 g/mol. The summed E-state index contributed by atoms with van der Waals surface area (Å²) in [6, 6.07) is 0.316. The molecule has 19 heavy (non-hydrogen) atoms. The highest BCUT2D eigenvalue weighted by atomic mass is 79.9. The largest absolute Gasteiger partial charge is 0.378 e. The lowest BCUT2D eigenvalue weighted by Gasteiger charge is -2.23. The summed E-state index contributed by atoms with van der Waals surface area (Å²) in [5.74, 6) is 0. The van der Waals surface area contributed by atoms with Crippen LogP contribution < -0.4 is 5.32 Å². The molecule has 5 heteroatoms. The molecule has 0 bridgehead atoms. The molecule has 0 amide bonds. The van der Waals surface area contributed by atoms with E-state index in [0.717, 1.165) is 37.0 Å². The van der Waals surface area contributed by atoms with Crippen molar-refractivity contribution >= 4 is 15.9 Å². The van der Waals surface area contributed by atoms with Gasteiger partial charge in [0.05, 0.1) is 28.5 Å². The summed E-state index contributed by atoms with van der Waals surface area (Å²) < 4.78 is 9.00. The number of nitrogens with zero attached hydrogens (tertiary/aromatic N) is 2. The van der Waals surface area contributed by atoms with Crippen molar-refractivity contribution < 1.29 is 4.74 Å². The van der Waals surface area contributed by atoms with Gasteiger partial charge in [-0.2, -0.15) is 5.10 Å². The minimum Gasteiger partial charge on any atom is -0.378 e. The first-order valence-electron chi connectivity index (χ1n) is 7.32. The Bertz CT molecular complexity index is 388. The molecule has 1 fully saturated rings. The Morgan fingerprint density at radius 3 is 3.05 bits per heavy atom. The number of ether oxygens (including phenoxy) is 1. The molecule has 0 aromatic carbocycles. The third-order valence-corrected chi connectivity index (χ3v) is 4.18. The summed E-state index contributed by atoms with van der Waals surface area (Å²) in [5.41, 5.74) is 1.26. The first-order valence-corrected chi connectivity index (χ1v) is 8.11. The van der Waals surface area contributed by atoms with E-state index in [-0.39, 0.29) is 0 Å². The van der Waals surface area contributed by atoms with Gasteiger partial charge < -0.3 is 10.1 Å². The fourth-order valence-electron chi connectivity index (χ4n) is 2.74. The van der Waals surface area contributed by atoms with Crippen LogP contribution in [-0.2, 0) is 11.3 Å². The fraction of sp³-hybridized carbons (Fsp3) is 0.786. The van der Waals surface area contributed by atoms with Crippen molar-refractivity contribution in [2.75, 3.05) is 13.2 Å². The van der Waals surface area contributed by atoms with Crippen LogP contribution >= 0.6 is 15.9 Å². The number of hydrogen-bond donors (Lipinski definition) is 1. The molecule has 108 valence electrons. The number of nitrogens with one attached hydrogen (secondary N) is 1. The van der Waals surface area contributed by atoms with Gasteiger partial charge in [-0.3, -0.25) is 4.68 Å². The zero-order chi connectivity index (χ0) is 13.7. The van der Waals surface area contributed by atoms with Gasteiger partial charge in [-0.05, 0) is 48.2 Å². The summed E-state index contributed by atoms with van der Waals surface area (Å²) in [5, 5.41) is 8.05. The summed E-state index contributed by atoms with van der Waals surface area (Å²) in [4.78, 5) is 0. The molecule has 1 aliphatic heterocycles. The van der Waals surface area contributed by atoms with Gasteiger partial charge in [-0.15, -0.1) is 0 Å². The van der Waals surface area contributed by atoms with E-state index in [9.17, 15) is 0 Å². The molecule has 0 saturated carbocycles. The van der Waals surface area contributed by atoms with Crippen molar-refractivity contribution in [3.05, 3.63) is 16.4 Å². The van der Waals surface area contributed by atoms with E-state index >= 15 is 0 Å². The molecule has 2 heterocycles. The van der Waals surface area contributed by atoms with E-state index in [2.05, 4.69) is 44.9 Å². The van der Waals surface area contributed by atoms with Crippen LogP contribution in [0.5, 0.6) is 0 Å². The van der Waals surface area contributed by atoms with Crippen LogP contribution in [0.3, 0.4) is 0 Å². The molecule has 0 aliphatic carbocycles. The number of aromatic nitrogens is 2. The van der Waals surface area contributed by atoms with Crippen molar-refractivity contribution in [1.82, 2.24) is 15.1 Å². The second-order valence-corrected chi connectivity index (χ2v) is 5.94. The van der Waals surface area contributed by atoms with E-state index in [0.29, 0.717) is 12.1 Å². The van der Waals surface area contributed by atoms with E-state index in [1.54, 1.807) is 0 Å². The molecule has 4 nitrogen and oxygen atoms in total. The summed E-state index contributed by atoms with van der Waals surface area (Å²) >= 11 is 3.64. The van der Waals surface area contributed by atoms with Gasteiger partial charge >= 0.3 is 0 Å². The van der Waals surface area contributed by atoms with Gasteiger partial charge in [-0.1, -0.05) is 13.8 Å². The number of rotatable bonds is 7. The van der Waals surface area contributed by atoms with E-state index < -0.39 is 0 Å². The van der Waals surface area contributed by atoms with Gasteiger partial charge in [0.15, 0.2) is 0 Å². The van der Waals surface area contributed by atoms with Crippen molar-refractivity contribution in [2.45, 2.75) is 58.2 Å². The molecule has 0 spiro atoms. The molecule has 2 rings (SSSR count). The Morgan fingerprint density at radius 1 is 1.58 bits per heavy atom. The van der Waals surface area contributed by atoms with Gasteiger partial charge in [0.1, 0.15) is 0 Å². The summed E-state index contributed by atoms with van der Waals surface area (Å²) in [7, 11) is 0. The first kappa shape index (κ1) is 15.0. The minimum atomic E-state index is 0.316. The fourth-order valence-corrected chi connectivity index (χ4v) is 3.31. The maximum atomic E-state index is 5.78. The van der Waals surface area contributed by atoms with Crippen LogP contribution in [-0.4, -0.2) is 29.0 Å². The molecule has 0 radical (unpaired) electrons. The van der Waals surface area contributed by atoms with Gasteiger partial charge in [0, 0.05) is 13.2 Å². The van der Waals surface area contributed by atoms with Crippen LogP contribution in [0.1, 0.15) is 51.3 Å². The van der Waals surface area contributed by atoms with Crippen LogP contribution in [0.25, 0.3) is 0 Å². The quantitative estimate of drug-likeness (QED) is 0.834. The lowest BCUT2D eigenvalue weighted by molar-refractivity contribution is 0.0937. The van der Waals surface area contributed by atoms with Crippen LogP contribution in [0.4, 0.5) is 0 Å². The average Bonchev–Trinajstić information content (AvgIpc) is 3.00. The highest BCUT2D eigenvalue weighted by molar-refractivity contribution is 9.10. The summed E-state index contributed by atoms with van der Waals surface area (Å²) in [6.07, 6.45) is 6.80. The van der Waals surface area contributed by atoms with Gasteiger partial charge in [0.2, 0.25) is 0 Å². The van der Waals surface area contributed by atoms with Crippen molar-refractivity contribution in [2.24, 2.45) is 0 Å². The second kappa shape index (κ2) is 7.41. The van der Waals surface area contributed by atoms with Crippen LogP contribution in [0.2, 0.25) is 0 Å². The van der Waals surface area contributed by atoms with E-state index in [1.165, 1.54) is 18.5 Å². The Balaban J connectivity index is 2.14. The highest BCUT2D eigenvalue weighted by Crippen LogP contribution is 2.30. The summed E-state index contributed by atoms with van der Waals surface area (Å²) in [6.45, 7) is 7.17. The maximum absolute atomic E-state index is 5.78. The molecule has 1 aromatic heterocycles. The van der Waals surface area contributed by atoms with E-state index in [4.69, 9.17) is 4.74 Å². The topological polar surface area (TPSA) is 39.1 Å². The highest BCUT2D eigenvalue weighted by Gasteiger charge is 2.25. The first-order chi connectivity index (χ1) is 9.26. The van der Waals surface area contributed by atoms with Crippen molar-refractivity contribution in [1.29, 1.82) is 0 Å². The standard InChI is InChI=1S/C14H24BrN3O/c1-3-7-18-14(12(15)10-17-18)13(16-4-2)9-11-6-5-8-19-11/h10-11,13,16H,3-9H2,1-2H3. The Labute approximate surface area is 124 Å². The normalized spacial score (nSPS) is 20.9. The molecular weight excluding hydrogens is 306 g/mol. The molecule has 2 atom stereocenters. The molecule has 1 N–H and O–H groups in total. The Kier molecular flexibility index (Phi) is 5.85.